The molecular formula is C13H21N5O3. The second-order valence-corrected chi connectivity index (χ2v) is 5.39. The quantitative estimate of drug-likeness (QED) is 0.771. The van der Waals surface area contributed by atoms with Crippen molar-refractivity contribution in [2.45, 2.75) is 45.2 Å². The number of hydrogen-bond acceptors (Lipinski definition) is 4. The standard InChI is InChI=1S/C13H21N5O3/c1-3-9-4-5-18(10(6-9)12(19)20)13(21)16-8(2)11-14-7-15-17-11/h7-10H,3-6H2,1-2H3,(H,16,21)(H,19,20)(H,14,15,17). The van der Waals surface area contributed by atoms with Crippen LogP contribution in [-0.4, -0.2) is 49.8 Å². The fourth-order valence-electron chi connectivity index (χ4n) is 2.65. The summed E-state index contributed by atoms with van der Waals surface area (Å²) in [5.74, 6) is -0.0452. The summed E-state index contributed by atoms with van der Waals surface area (Å²) < 4.78 is 0. The first kappa shape index (κ1) is 15.3. The van der Waals surface area contributed by atoms with Crippen molar-refractivity contribution < 1.29 is 14.7 Å². The fraction of sp³-hybridized carbons (Fsp3) is 0.692. The van der Waals surface area contributed by atoms with E-state index in [1.165, 1.54) is 11.2 Å². The van der Waals surface area contributed by atoms with Crippen LogP contribution in [0.15, 0.2) is 6.33 Å². The van der Waals surface area contributed by atoms with E-state index in [-0.39, 0.29) is 12.1 Å². The number of likely N-dealkylation sites (tertiary alicyclic amines) is 1. The van der Waals surface area contributed by atoms with Gasteiger partial charge in [-0.2, -0.15) is 5.10 Å². The smallest absolute Gasteiger partial charge is 0.326 e. The van der Waals surface area contributed by atoms with Gasteiger partial charge in [0.2, 0.25) is 0 Å². The molecule has 0 aliphatic carbocycles. The molecule has 3 unspecified atom stereocenters. The van der Waals surface area contributed by atoms with Gasteiger partial charge in [0.1, 0.15) is 18.2 Å². The van der Waals surface area contributed by atoms with E-state index >= 15 is 0 Å². The van der Waals surface area contributed by atoms with Crippen molar-refractivity contribution in [1.82, 2.24) is 25.4 Å². The highest BCUT2D eigenvalue weighted by Gasteiger charge is 2.36. The zero-order valence-corrected chi connectivity index (χ0v) is 12.2. The van der Waals surface area contributed by atoms with Crippen LogP contribution in [0.4, 0.5) is 4.79 Å². The summed E-state index contributed by atoms with van der Waals surface area (Å²) in [6, 6.07) is -1.48. The number of aromatic nitrogens is 3. The lowest BCUT2D eigenvalue weighted by Crippen LogP contribution is -2.53. The molecule has 2 heterocycles. The van der Waals surface area contributed by atoms with E-state index in [9.17, 15) is 14.7 Å². The van der Waals surface area contributed by atoms with Gasteiger partial charge in [-0.15, -0.1) is 0 Å². The third kappa shape index (κ3) is 3.50. The SMILES string of the molecule is CCC1CCN(C(=O)NC(C)c2ncn[nH]2)C(C(=O)O)C1. The zero-order valence-electron chi connectivity index (χ0n) is 12.2. The summed E-state index contributed by atoms with van der Waals surface area (Å²) in [6.07, 6.45) is 3.65. The van der Waals surface area contributed by atoms with Gasteiger partial charge in [-0.1, -0.05) is 13.3 Å². The third-order valence-corrected chi connectivity index (χ3v) is 4.02. The highest BCUT2D eigenvalue weighted by Crippen LogP contribution is 2.26. The molecule has 0 radical (unpaired) electrons. The van der Waals surface area contributed by atoms with Gasteiger partial charge in [0.25, 0.3) is 0 Å². The Morgan fingerprint density at radius 1 is 1.62 bits per heavy atom. The molecular weight excluding hydrogens is 274 g/mol. The molecule has 0 saturated carbocycles. The molecule has 0 bridgehead atoms. The Morgan fingerprint density at radius 2 is 2.38 bits per heavy atom. The lowest BCUT2D eigenvalue weighted by atomic mass is 9.89. The molecule has 116 valence electrons. The zero-order chi connectivity index (χ0) is 15.4. The van der Waals surface area contributed by atoms with Crippen molar-refractivity contribution >= 4 is 12.0 Å². The van der Waals surface area contributed by atoms with Gasteiger partial charge < -0.3 is 15.3 Å². The lowest BCUT2D eigenvalue weighted by molar-refractivity contribution is -0.144. The van der Waals surface area contributed by atoms with Crippen molar-refractivity contribution in [3.63, 3.8) is 0 Å². The van der Waals surface area contributed by atoms with Gasteiger partial charge in [0, 0.05) is 6.54 Å². The number of H-pyrrole nitrogens is 1. The van der Waals surface area contributed by atoms with Crippen LogP contribution in [0.2, 0.25) is 0 Å². The number of aromatic amines is 1. The number of amides is 2. The van der Waals surface area contributed by atoms with E-state index in [0.717, 1.165) is 12.8 Å². The maximum atomic E-state index is 12.3. The predicted octanol–water partition coefficient (Wildman–Crippen LogP) is 1.15. The number of carbonyl (C=O) groups is 2. The van der Waals surface area contributed by atoms with Crippen molar-refractivity contribution in [2.75, 3.05) is 6.54 Å². The van der Waals surface area contributed by atoms with E-state index in [1.807, 2.05) is 6.92 Å². The van der Waals surface area contributed by atoms with Crippen LogP contribution in [-0.2, 0) is 4.79 Å². The van der Waals surface area contributed by atoms with Crippen LogP contribution in [0, 0.1) is 5.92 Å². The fourth-order valence-corrected chi connectivity index (χ4v) is 2.65. The largest absolute Gasteiger partial charge is 0.480 e. The third-order valence-electron chi connectivity index (χ3n) is 4.02. The Hall–Kier alpha value is -2.12. The minimum atomic E-state index is -0.949. The number of nitrogens with one attached hydrogen (secondary N) is 2. The minimum Gasteiger partial charge on any atom is -0.480 e. The van der Waals surface area contributed by atoms with Gasteiger partial charge in [-0.25, -0.2) is 14.6 Å². The average molecular weight is 295 g/mol. The van der Waals surface area contributed by atoms with E-state index in [0.29, 0.717) is 24.7 Å². The summed E-state index contributed by atoms with van der Waals surface area (Å²) in [5.41, 5.74) is 0. The molecule has 3 atom stereocenters. The van der Waals surface area contributed by atoms with Gasteiger partial charge in [-0.3, -0.25) is 5.10 Å². The summed E-state index contributed by atoms with van der Waals surface area (Å²) in [6.45, 7) is 4.28. The second kappa shape index (κ2) is 6.55. The van der Waals surface area contributed by atoms with Crippen LogP contribution in [0.1, 0.15) is 45.0 Å². The first-order chi connectivity index (χ1) is 10.0. The number of carboxylic acid groups (broad SMARTS) is 1. The Morgan fingerprint density at radius 3 is 2.95 bits per heavy atom. The number of carbonyl (C=O) groups excluding carboxylic acids is 1. The first-order valence-electron chi connectivity index (χ1n) is 7.18. The number of rotatable bonds is 4. The number of nitrogens with zero attached hydrogens (tertiary/aromatic N) is 3. The van der Waals surface area contributed by atoms with Gasteiger partial charge >= 0.3 is 12.0 Å². The van der Waals surface area contributed by atoms with Crippen molar-refractivity contribution in [3.05, 3.63) is 12.2 Å². The summed E-state index contributed by atoms with van der Waals surface area (Å²) >= 11 is 0. The van der Waals surface area contributed by atoms with Crippen molar-refractivity contribution in [1.29, 1.82) is 0 Å². The molecule has 1 aromatic heterocycles. The molecule has 3 N–H and O–H groups in total. The van der Waals surface area contributed by atoms with E-state index < -0.39 is 12.0 Å². The maximum Gasteiger partial charge on any atom is 0.326 e. The second-order valence-electron chi connectivity index (χ2n) is 5.39. The van der Waals surface area contributed by atoms with E-state index in [4.69, 9.17) is 0 Å². The van der Waals surface area contributed by atoms with E-state index in [2.05, 4.69) is 20.5 Å². The maximum absolute atomic E-state index is 12.3. The van der Waals surface area contributed by atoms with Crippen molar-refractivity contribution in [3.8, 4) is 0 Å². The number of carboxylic acids is 1. The van der Waals surface area contributed by atoms with Crippen LogP contribution >= 0.6 is 0 Å². The molecule has 8 heteroatoms. The Balaban J connectivity index is 2.01. The molecule has 1 aliphatic heterocycles. The molecule has 0 aromatic carbocycles. The Bertz CT molecular complexity index is 490. The Labute approximate surface area is 122 Å². The Kier molecular flexibility index (Phi) is 4.77. The number of urea groups is 1. The molecule has 21 heavy (non-hydrogen) atoms. The molecule has 1 saturated heterocycles. The molecule has 0 spiro atoms. The normalized spacial score (nSPS) is 23.6. The summed E-state index contributed by atoms with van der Waals surface area (Å²) in [4.78, 5) is 29.1. The molecule has 2 amide bonds. The average Bonchev–Trinajstić information content (AvgIpc) is 3.00. The minimum absolute atomic E-state index is 0.349. The molecule has 1 fully saturated rings. The molecule has 8 nitrogen and oxygen atoms in total. The predicted molar refractivity (Wildman–Crippen MR) is 74.5 cm³/mol. The van der Waals surface area contributed by atoms with Crippen LogP contribution in [0.5, 0.6) is 0 Å². The van der Waals surface area contributed by atoms with Crippen LogP contribution in [0.25, 0.3) is 0 Å². The summed E-state index contributed by atoms with van der Waals surface area (Å²) in [7, 11) is 0. The molecule has 1 aromatic rings. The van der Waals surface area contributed by atoms with E-state index in [1.54, 1.807) is 6.92 Å². The monoisotopic (exact) mass is 295 g/mol. The summed E-state index contributed by atoms with van der Waals surface area (Å²) in [5, 5.41) is 18.5. The number of piperidine rings is 1. The highest BCUT2D eigenvalue weighted by molar-refractivity contribution is 5.83. The van der Waals surface area contributed by atoms with Crippen molar-refractivity contribution in [2.24, 2.45) is 5.92 Å². The van der Waals surface area contributed by atoms with Gasteiger partial charge in [0.05, 0.1) is 6.04 Å². The topological polar surface area (TPSA) is 111 Å². The first-order valence-corrected chi connectivity index (χ1v) is 7.18. The van der Waals surface area contributed by atoms with Crippen LogP contribution < -0.4 is 5.32 Å². The van der Waals surface area contributed by atoms with Crippen LogP contribution in [0.3, 0.4) is 0 Å². The molecule has 2 rings (SSSR count). The van der Waals surface area contributed by atoms with Gasteiger partial charge in [-0.05, 0) is 25.7 Å². The number of hydrogen-bond donors (Lipinski definition) is 3. The lowest BCUT2D eigenvalue weighted by Gasteiger charge is -2.37. The highest BCUT2D eigenvalue weighted by atomic mass is 16.4. The molecule has 1 aliphatic rings. The van der Waals surface area contributed by atoms with Gasteiger partial charge in [0.15, 0.2) is 0 Å². The number of aliphatic carboxylic acids is 1.